The molecule has 2 aromatic heterocycles. The number of benzene rings is 2. The predicted octanol–water partition coefficient (Wildman–Crippen LogP) is 4.62. The van der Waals surface area contributed by atoms with Gasteiger partial charge in [0.05, 0.1) is 23.5 Å². The fraction of sp³-hybridized carbons (Fsp3) is 0.217. The van der Waals surface area contributed by atoms with Gasteiger partial charge in [-0.25, -0.2) is 0 Å². The summed E-state index contributed by atoms with van der Waals surface area (Å²) < 4.78 is 3.97. The minimum Gasteiger partial charge on any atom is -0.346 e. The summed E-state index contributed by atoms with van der Waals surface area (Å²) >= 11 is 6.12. The lowest BCUT2D eigenvalue weighted by Crippen LogP contribution is -2.24. The summed E-state index contributed by atoms with van der Waals surface area (Å²) in [5, 5.41) is 8.68. The monoisotopic (exact) mass is 406 g/mol. The van der Waals surface area contributed by atoms with Crippen LogP contribution in [-0.2, 0) is 20.1 Å². The van der Waals surface area contributed by atoms with Gasteiger partial charge in [-0.2, -0.15) is 5.10 Å². The number of fused-ring (bicyclic) bond motifs is 1. The van der Waals surface area contributed by atoms with E-state index in [2.05, 4.69) is 53.1 Å². The molecule has 0 bridgehead atoms. The molecular weight excluding hydrogens is 384 g/mol. The van der Waals surface area contributed by atoms with Crippen molar-refractivity contribution in [3.63, 3.8) is 0 Å². The molecule has 5 nitrogen and oxygen atoms in total. The average Bonchev–Trinajstić information content (AvgIpc) is 3.18. The highest BCUT2D eigenvalue weighted by molar-refractivity contribution is 6.31. The molecule has 1 amide bonds. The Morgan fingerprint density at radius 2 is 1.90 bits per heavy atom. The van der Waals surface area contributed by atoms with E-state index in [-0.39, 0.29) is 5.91 Å². The number of aryl methyl sites for hydroxylation is 2. The van der Waals surface area contributed by atoms with Gasteiger partial charge in [-0.3, -0.25) is 9.48 Å². The van der Waals surface area contributed by atoms with Gasteiger partial charge >= 0.3 is 0 Å². The van der Waals surface area contributed by atoms with Crippen molar-refractivity contribution in [1.29, 1.82) is 0 Å². The molecule has 0 saturated heterocycles. The molecule has 0 saturated carbocycles. The third kappa shape index (κ3) is 3.66. The molecule has 2 aromatic carbocycles. The van der Waals surface area contributed by atoms with E-state index < -0.39 is 0 Å². The van der Waals surface area contributed by atoms with Gasteiger partial charge in [0.25, 0.3) is 5.91 Å². The SMILES string of the molecule is Cc1c(C)n(Cc2ccccc2)c2ccc(C(=O)NCc3c(Cl)cnn3C)cc12. The Kier molecular flexibility index (Phi) is 5.16. The molecule has 0 unspecified atom stereocenters. The quantitative estimate of drug-likeness (QED) is 0.525. The van der Waals surface area contributed by atoms with E-state index in [9.17, 15) is 4.79 Å². The molecule has 1 N–H and O–H groups in total. The van der Waals surface area contributed by atoms with Crippen LogP contribution in [0.4, 0.5) is 0 Å². The van der Waals surface area contributed by atoms with Gasteiger partial charge in [0.1, 0.15) is 0 Å². The highest BCUT2D eigenvalue weighted by atomic mass is 35.5. The van der Waals surface area contributed by atoms with Gasteiger partial charge < -0.3 is 9.88 Å². The number of nitrogens with zero attached hydrogens (tertiary/aromatic N) is 3. The first kappa shape index (κ1) is 19.3. The summed E-state index contributed by atoms with van der Waals surface area (Å²) in [6.45, 7) is 5.37. The van der Waals surface area contributed by atoms with Gasteiger partial charge in [-0.1, -0.05) is 41.9 Å². The van der Waals surface area contributed by atoms with Crippen LogP contribution in [0.3, 0.4) is 0 Å². The third-order valence-corrected chi connectivity index (χ3v) is 5.83. The lowest BCUT2D eigenvalue weighted by molar-refractivity contribution is 0.0950. The number of halogens is 1. The number of hydrogen-bond acceptors (Lipinski definition) is 2. The molecule has 0 aliphatic rings. The molecule has 0 aliphatic carbocycles. The van der Waals surface area contributed by atoms with Gasteiger partial charge in [0.15, 0.2) is 0 Å². The molecule has 29 heavy (non-hydrogen) atoms. The van der Waals surface area contributed by atoms with Crippen LogP contribution in [0.2, 0.25) is 5.02 Å². The highest BCUT2D eigenvalue weighted by Gasteiger charge is 2.15. The largest absolute Gasteiger partial charge is 0.346 e. The summed E-state index contributed by atoms with van der Waals surface area (Å²) in [5.41, 5.74) is 6.21. The number of nitrogens with one attached hydrogen (secondary N) is 1. The van der Waals surface area contributed by atoms with Crippen molar-refractivity contribution in [3.05, 3.63) is 87.8 Å². The number of carbonyl (C=O) groups is 1. The predicted molar refractivity (Wildman–Crippen MR) is 116 cm³/mol. The molecule has 0 aliphatic heterocycles. The summed E-state index contributed by atoms with van der Waals surface area (Å²) in [7, 11) is 1.81. The average molecular weight is 407 g/mol. The summed E-state index contributed by atoms with van der Waals surface area (Å²) in [6, 6.07) is 16.3. The van der Waals surface area contributed by atoms with Crippen molar-refractivity contribution in [2.75, 3.05) is 0 Å². The van der Waals surface area contributed by atoms with Crippen molar-refractivity contribution < 1.29 is 4.79 Å². The number of aromatic nitrogens is 3. The van der Waals surface area contributed by atoms with Crippen molar-refractivity contribution in [2.45, 2.75) is 26.9 Å². The van der Waals surface area contributed by atoms with Crippen LogP contribution in [0.25, 0.3) is 10.9 Å². The summed E-state index contributed by atoms with van der Waals surface area (Å²) in [6.07, 6.45) is 1.58. The van der Waals surface area contributed by atoms with Gasteiger partial charge in [-0.05, 0) is 43.2 Å². The molecule has 0 atom stereocenters. The number of hydrogen-bond donors (Lipinski definition) is 1. The van der Waals surface area contributed by atoms with Crippen LogP contribution in [0.1, 0.15) is 32.9 Å². The molecule has 0 spiro atoms. The fourth-order valence-electron chi connectivity index (χ4n) is 3.66. The maximum absolute atomic E-state index is 12.7. The number of rotatable bonds is 5. The second-order valence-corrected chi connectivity index (χ2v) is 7.67. The Bertz CT molecular complexity index is 1170. The van der Waals surface area contributed by atoms with Crippen LogP contribution in [0.5, 0.6) is 0 Å². The third-order valence-electron chi connectivity index (χ3n) is 5.51. The van der Waals surface area contributed by atoms with Crippen LogP contribution in [0, 0.1) is 13.8 Å². The van der Waals surface area contributed by atoms with Crippen LogP contribution in [0.15, 0.2) is 54.7 Å². The lowest BCUT2D eigenvalue weighted by Gasteiger charge is -2.09. The maximum atomic E-state index is 12.7. The van der Waals surface area contributed by atoms with E-state index in [0.29, 0.717) is 17.1 Å². The molecule has 0 radical (unpaired) electrons. The molecule has 2 heterocycles. The van der Waals surface area contributed by atoms with Crippen LogP contribution >= 0.6 is 11.6 Å². The van der Waals surface area contributed by atoms with Crippen molar-refractivity contribution in [1.82, 2.24) is 19.7 Å². The van der Waals surface area contributed by atoms with Crippen LogP contribution in [-0.4, -0.2) is 20.3 Å². The topological polar surface area (TPSA) is 51.9 Å². The van der Waals surface area contributed by atoms with Crippen molar-refractivity contribution in [3.8, 4) is 0 Å². The Morgan fingerprint density at radius 1 is 1.14 bits per heavy atom. The van der Waals surface area contributed by atoms with Crippen molar-refractivity contribution >= 4 is 28.4 Å². The van der Waals surface area contributed by atoms with Gasteiger partial charge in [0.2, 0.25) is 0 Å². The number of amides is 1. The van der Waals surface area contributed by atoms with E-state index in [4.69, 9.17) is 11.6 Å². The van der Waals surface area contributed by atoms with E-state index in [0.717, 1.165) is 23.1 Å². The standard InChI is InChI=1S/C23H23ClN4O/c1-15-16(2)28(14-17-7-5-4-6-8-17)21-10-9-18(11-19(15)21)23(29)25-13-22-20(24)12-26-27(22)3/h4-12H,13-14H2,1-3H3,(H,25,29). The first-order valence-corrected chi connectivity index (χ1v) is 9.91. The first-order valence-electron chi connectivity index (χ1n) is 9.53. The molecule has 148 valence electrons. The Hall–Kier alpha value is -3.05. The smallest absolute Gasteiger partial charge is 0.251 e. The zero-order valence-corrected chi connectivity index (χ0v) is 17.5. The molecule has 0 fully saturated rings. The molecule has 4 aromatic rings. The van der Waals surface area contributed by atoms with Gasteiger partial charge in [-0.15, -0.1) is 0 Å². The fourth-order valence-corrected chi connectivity index (χ4v) is 3.89. The minimum atomic E-state index is -0.128. The van der Waals surface area contributed by atoms with E-state index in [1.165, 1.54) is 16.8 Å². The Morgan fingerprint density at radius 3 is 2.59 bits per heavy atom. The number of carbonyl (C=O) groups excluding carboxylic acids is 1. The second-order valence-electron chi connectivity index (χ2n) is 7.26. The summed E-state index contributed by atoms with van der Waals surface area (Å²) in [5.74, 6) is -0.128. The van der Waals surface area contributed by atoms with Crippen molar-refractivity contribution in [2.24, 2.45) is 7.05 Å². The summed E-state index contributed by atoms with van der Waals surface area (Å²) in [4.78, 5) is 12.7. The first-order chi connectivity index (χ1) is 14.0. The van der Waals surface area contributed by atoms with Crippen LogP contribution < -0.4 is 5.32 Å². The normalized spacial score (nSPS) is 11.2. The molecule has 6 heteroatoms. The highest BCUT2D eigenvalue weighted by Crippen LogP contribution is 2.27. The Balaban J connectivity index is 1.61. The van der Waals surface area contributed by atoms with E-state index in [1.807, 2.05) is 24.3 Å². The van der Waals surface area contributed by atoms with Gasteiger partial charge in [0, 0.05) is 35.8 Å². The Labute approximate surface area is 174 Å². The van der Waals surface area contributed by atoms with E-state index >= 15 is 0 Å². The second kappa shape index (κ2) is 7.76. The zero-order chi connectivity index (χ0) is 20.5. The minimum absolute atomic E-state index is 0.128. The zero-order valence-electron chi connectivity index (χ0n) is 16.7. The maximum Gasteiger partial charge on any atom is 0.251 e. The molecular formula is C23H23ClN4O. The lowest BCUT2D eigenvalue weighted by atomic mass is 10.1. The molecule has 4 rings (SSSR count). The van der Waals surface area contributed by atoms with E-state index in [1.54, 1.807) is 17.9 Å².